The molecule has 0 saturated heterocycles. The van der Waals surface area contributed by atoms with Crippen molar-refractivity contribution in [3.05, 3.63) is 53.7 Å². The first kappa shape index (κ1) is 11.8. The van der Waals surface area contributed by atoms with Crippen molar-refractivity contribution in [2.75, 3.05) is 0 Å². The Kier molecular flexibility index (Phi) is 3.58. The van der Waals surface area contributed by atoms with Crippen molar-refractivity contribution in [2.45, 2.75) is 33.1 Å². The lowest BCUT2D eigenvalue weighted by Gasteiger charge is -2.06. The van der Waals surface area contributed by atoms with Crippen LogP contribution in [0, 0.1) is 0 Å². The first-order valence-corrected chi connectivity index (χ1v) is 6.26. The molecule has 2 rings (SSSR count). The summed E-state index contributed by atoms with van der Waals surface area (Å²) in [6.45, 7) is 6.55. The number of pyridine rings is 1. The highest BCUT2D eigenvalue weighted by Crippen LogP contribution is 2.20. The lowest BCUT2D eigenvalue weighted by Crippen LogP contribution is -1.90. The topological polar surface area (TPSA) is 12.9 Å². The molecule has 2 aromatic rings. The summed E-state index contributed by atoms with van der Waals surface area (Å²) >= 11 is 0. The number of aryl methyl sites for hydroxylation is 1. The fourth-order valence-electron chi connectivity index (χ4n) is 1.83. The Bertz CT molecular complexity index is 466. The molecule has 0 atom stereocenters. The van der Waals surface area contributed by atoms with Gasteiger partial charge in [0.15, 0.2) is 0 Å². The zero-order chi connectivity index (χ0) is 12.3. The Balaban J connectivity index is 2.26. The van der Waals surface area contributed by atoms with Crippen LogP contribution in [0.1, 0.15) is 37.8 Å². The second-order valence-corrected chi connectivity index (χ2v) is 4.68. The molecule has 0 fully saturated rings. The maximum atomic E-state index is 4.53. The van der Waals surface area contributed by atoms with Crippen molar-refractivity contribution in [1.29, 1.82) is 0 Å². The average molecular weight is 225 g/mol. The van der Waals surface area contributed by atoms with E-state index in [9.17, 15) is 0 Å². The van der Waals surface area contributed by atoms with E-state index in [1.807, 2.05) is 6.20 Å². The van der Waals surface area contributed by atoms with Crippen LogP contribution in [-0.4, -0.2) is 4.98 Å². The molecule has 0 spiro atoms. The molecule has 0 N–H and O–H groups in total. The van der Waals surface area contributed by atoms with Crippen LogP contribution in [0.25, 0.3) is 11.3 Å². The van der Waals surface area contributed by atoms with Gasteiger partial charge in [0.25, 0.3) is 0 Å². The van der Waals surface area contributed by atoms with Gasteiger partial charge in [-0.25, -0.2) is 0 Å². The monoisotopic (exact) mass is 225 g/mol. The fourth-order valence-corrected chi connectivity index (χ4v) is 1.83. The molecule has 0 saturated carbocycles. The predicted molar refractivity (Wildman–Crippen MR) is 73.1 cm³/mol. The average Bonchev–Trinajstić information content (AvgIpc) is 2.39. The number of hydrogen-bond acceptors (Lipinski definition) is 1. The lowest BCUT2D eigenvalue weighted by molar-refractivity contribution is 0.859. The summed E-state index contributed by atoms with van der Waals surface area (Å²) < 4.78 is 0. The smallest absolute Gasteiger partial charge is 0.0702 e. The summed E-state index contributed by atoms with van der Waals surface area (Å²) in [6.07, 6.45) is 3.06. The van der Waals surface area contributed by atoms with E-state index in [4.69, 9.17) is 0 Å². The highest BCUT2D eigenvalue weighted by molar-refractivity contribution is 5.59. The Morgan fingerprint density at radius 1 is 1.00 bits per heavy atom. The van der Waals surface area contributed by atoms with E-state index >= 15 is 0 Å². The van der Waals surface area contributed by atoms with E-state index in [1.54, 1.807) is 0 Å². The Labute approximate surface area is 104 Å². The second-order valence-electron chi connectivity index (χ2n) is 4.68. The summed E-state index contributed by atoms with van der Waals surface area (Å²) in [7, 11) is 0. The fraction of sp³-hybridized carbons (Fsp3) is 0.312. The quantitative estimate of drug-likeness (QED) is 0.752. The zero-order valence-corrected chi connectivity index (χ0v) is 10.8. The number of hydrogen-bond donors (Lipinski definition) is 0. The minimum atomic E-state index is 0.541. The van der Waals surface area contributed by atoms with Gasteiger partial charge in [0, 0.05) is 11.8 Å². The highest BCUT2D eigenvalue weighted by Gasteiger charge is 2.02. The van der Waals surface area contributed by atoms with Gasteiger partial charge in [-0.15, -0.1) is 0 Å². The van der Waals surface area contributed by atoms with Gasteiger partial charge >= 0.3 is 0 Å². The molecule has 0 aliphatic rings. The Hall–Kier alpha value is -1.63. The van der Waals surface area contributed by atoms with Gasteiger partial charge in [-0.2, -0.15) is 0 Å². The normalized spacial score (nSPS) is 10.8. The number of aromatic nitrogens is 1. The molecular formula is C16H19N. The van der Waals surface area contributed by atoms with E-state index in [-0.39, 0.29) is 0 Å². The lowest BCUT2D eigenvalue weighted by atomic mass is 10.0. The summed E-state index contributed by atoms with van der Waals surface area (Å²) in [6, 6.07) is 12.9. The van der Waals surface area contributed by atoms with Gasteiger partial charge in [0.1, 0.15) is 0 Å². The van der Waals surface area contributed by atoms with Crippen molar-refractivity contribution in [2.24, 2.45) is 0 Å². The summed E-state index contributed by atoms with van der Waals surface area (Å²) in [5.41, 5.74) is 4.90. The largest absolute Gasteiger partial charge is 0.256 e. The third kappa shape index (κ3) is 2.73. The molecule has 1 heteroatoms. The molecule has 0 unspecified atom stereocenters. The van der Waals surface area contributed by atoms with Crippen molar-refractivity contribution in [1.82, 2.24) is 4.98 Å². The third-order valence-corrected chi connectivity index (χ3v) is 3.11. The van der Waals surface area contributed by atoms with Crippen LogP contribution in [0.3, 0.4) is 0 Å². The summed E-state index contributed by atoms with van der Waals surface area (Å²) in [5, 5.41) is 0. The summed E-state index contributed by atoms with van der Waals surface area (Å²) in [4.78, 5) is 4.53. The van der Waals surface area contributed by atoms with E-state index < -0.39 is 0 Å². The van der Waals surface area contributed by atoms with Crippen molar-refractivity contribution in [3.8, 4) is 11.3 Å². The van der Waals surface area contributed by atoms with Crippen LogP contribution in [0.5, 0.6) is 0 Å². The van der Waals surface area contributed by atoms with Gasteiger partial charge in [0.2, 0.25) is 0 Å². The van der Waals surface area contributed by atoms with Crippen LogP contribution in [0.4, 0.5) is 0 Å². The Morgan fingerprint density at radius 2 is 1.71 bits per heavy atom. The highest BCUT2D eigenvalue weighted by atomic mass is 14.7. The number of nitrogens with zero attached hydrogens (tertiary/aromatic N) is 1. The minimum Gasteiger partial charge on any atom is -0.256 e. The maximum absolute atomic E-state index is 4.53. The number of benzene rings is 1. The Morgan fingerprint density at radius 3 is 2.18 bits per heavy atom. The van der Waals surface area contributed by atoms with Crippen LogP contribution in [0.2, 0.25) is 0 Å². The first-order chi connectivity index (χ1) is 8.20. The molecule has 17 heavy (non-hydrogen) atoms. The van der Waals surface area contributed by atoms with Crippen LogP contribution < -0.4 is 0 Å². The van der Waals surface area contributed by atoms with E-state index in [0.717, 1.165) is 12.1 Å². The molecule has 1 aromatic carbocycles. The molecule has 1 aromatic heterocycles. The summed E-state index contributed by atoms with van der Waals surface area (Å²) in [5.74, 6) is 0.541. The molecule has 1 heterocycles. The SMILES string of the molecule is CCc1ccc(-c2ccc(C(C)C)cn2)cc1. The van der Waals surface area contributed by atoms with Gasteiger partial charge < -0.3 is 0 Å². The van der Waals surface area contributed by atoms with Crippen molar-refractivity contribution < 1.29 is 0 Å². The zero-order valence-electron chi connectivity index (χ0n) is 10.8. The van der Waals surface area contributed by atoms with E-state index in [1.165, 1.54) is 16.7 Å². The van der Waals surface area contributed by atoms with Crippen LogP contribution in [-0.2, 0) is 6.42 Å². The maximum Gasteiger partial charge on any atom is 0.0702 e. The molecular weight excluding hydrogens is 206 g/mol. The third-order valence-electron chi connectivity index (χ3n) is 3.11. The molecule has 1 nitrogen and oxygen atoms in total. The first-order valence-electron chi connectivity index (χ1n) is 6.26. The molecule has 0 bridgehead atoms. The molecule has 0 aliphatic heterocycles. The van der Waals surface area contributed by atoms with Crippen LogP contribution >= 0.6 is 0 Å². The molecule has 0 amide bonds. The van der Waals surface area contributed by atoms with Gasteiger partial charge in [-0.1, -0.05) is 51.1 Å². The molecule has 0 radical (unpaired) electrons. The van der Waals surface area contributed by atoms with E-state index in [2.05, 4.69) is 62.2 Å². The van der Waals surface area contributed by atoms with Gasteiger partial charge in [-0.3, -0.25) is 4.98 Å². The van der Waals surface area contributed by atoms with Gasteiger partial charge in [0.05, 0.1) is 5.69 Å². The second kappa shape index (κ2) is 5.13. The molecule has 0 aliphatic carbocycles. The number of rotatable bonds is 3. The standard InChI is InChI=1S/C16H19N/c1-4-13-5-7-14(8-6-13)16-10-9-15(11-17-16)12(2)3/h5-12H,4H2,1-3H3. The molecule has 88 valence electrons. The van der Waals surface area contributed by atoms with Crippen molar-refractivity contribution >= 4 is 0 Å². The van der Waals surface area contributed by atoms with Crippen LogP contribution in [0.15, 0.2) is 42.6 Å². The minimum absolute atomic E-state index is 0.541. The predicted octanol–water partition coefficient (Wildman–Crippen LogP) is 4.43. The van der Waals surface area contributed by atoms with E-state index in [0.29, 0.717) is 5.92 Å². The van der Waals surface area contributed by atoms with Crippen molar-refractivity contribution in [3.63, 3.8) is 0 Å². The van der Waals surface area contributed by atoms with Gasteiger partial charge in [-0.05, 0) is 29.5 Å².